The molecule has 2 rings (SSSR count). The zero-order valence-electron chi connectivity index (χ0n) is 11.6. The quantitative estimate of drug-likeness (QED) is 0.739. The first kappa shape index (κ1) is 15.6. The molecular formula is C14H26NP. The lowest BCUT2D eigenvalue weighted by Gasteiger charge is -2.05. The number of nitrogens with one attached hydrogen (secondary N) is 1. The maximum atomic E-state index is 3.37. The molecule has 1 N–H and O–H groups in total. The fourth-order valence-electron chi connectivity index (χ4n) is 1.74. The van der Waals surface area contributed by atoms with Crippen LogP contribution in [0, 0.1) is 6.92 Å². The predicted molar refractivity (Wildman–Crippen MR) is 78.3 cm³/mol. The molecule has 0 spiro atoms. The molecule has 1 nitrogen and oxygen atoms in total. The highest BCUT2D eigenvalue weighted by atomic mass is 31.1. The van der Waals surface area contributed by atoms with Crippen LogP contribution >= 0.6 is 8.58 Å². The van der Waals surface area contributed by atoms with Gasteiger partial charge in [-0.2, -0.15) is 0 Å². The summed E-state index contributed by atoms with van der Waals surface area (Å²) in [5.74, 6) is 0. The van der Waals surface area contributed by atoms with Gasteiger partial charge in [-0.3, -0.25) is 0 Å². The van der Waals surface area contributed by atoms with Gasteiger partial charge in [0.25, 0.3) is 0 Å². The van der Waals surface area contributed by atoms with E-state index in [4.69, 9.17) is 0 Å². The van der Waals surface area contributed by atoms with E-state index in [9.17, 15) is 0 Å². The molecule has 0 aromatic heterocycles. The normalized spacial score (nSPS) is 12.6. The zero-order chi connectivity index (χ0) is 12.6. The van der Waals surface area contributed by atoms with E-state index in [-0.39, 0.29) is 0 Å². The van der Waals surface area contributed by atoms with Crippen molar-refractivity contribution in [1.82, 2.24) is 5.32 Å². The van der Waals surface area contributed by atoms with Crippen LogP contribution in [0.4, 0.5) is 0 Å². The standard InChI is InChI=1S/C10H14NP.2C2H6/c1-7-3-8-5-11-6-9(8)4-10(7)12-2;2*1-2/h3-4,11-12H,5-6H2,1-2H3;2*1-2H3. The van der Waals surface area contributed by atoms with Crippen molar-refractivity contribution < 1.29 is 0 Å². The number of hydrogen-bond donors (Lipinski definition) is 1. The van der Waals surface area contributed by atoms with Gasteiger partial charge in [-0.1, -0.05) is 42.3 Å². The number of rotatable bonds is 1. The summed E-state index contributed by atoms with van der Waals surface area (Å²) in [7, 11) is 0.925. The topological polar surface area (TPSA) is 12.0 Å². The highest BCUT2D eigenvalue weighted by molar-refractivity contribution is 7.46. The lowest BCUT2D eigenvalue weighted by Crippen LogP contribution is -2.02. The molecule has 0 radical (unpaired) electrons. The SMILES string of the molecule is CC.CC.CPc1cc2c(cc1C)CNC2. The third-order valence-electron chi connectivity index (χ3n) is 2.45. The molecule has 0 amide bonds. The Morgan fingerprint density at radius 2 is 1.50 bits per heavy atom. The van der Waals surface area contributed by atoms with Gasteiger partial charge >= 0.3 is 0 Å². The molecule has 1 heterocycles. The van der Waals surface area contributed by atoms with Crippen LogP contribution in [0.5, 0.6) is 0 Å². The Bertz CT molecular complexity index is 307. The second kappa shape index (κ2) is 8.73. The molecular weight excluding hydrogens is 213 g/mol. The van der Waals surface area contributed by atoms with Crippen molar-refractivity contribution in [2.45, 2.75) is 47.7 Å². The van der Waals surface area contributed by atoms with Crippen molar-refractivity contribution >= 4 is 13.9 Å². The molecule has 1 aromatic carbocycles. The molecule has 16 heavy (non-hydrogen) atoms. The fourth-order valence-corrected chi connectivity index (χ4v) is 2.53. The molecule has 1 aliphatic rings. The van der Waals surface area contributed by atoms with Crippen molar-refractivity contribution in [1.29, 1.82) is 0 Å². The summed E-state index contributed by atoms with van der Waals surface area (Å²) in [5, 5.41) is 4.89. The monoisotopic (exact) mass is 239 g/mol. The van der Waals surface area contributed by atoms with Gasteiger partial charge in [0.05, 0.1) is 0 Å². The van der Waals surface area contributed by atoms with Gasteiger partial charge in [-0.15, -0.1) is 0 Å². The van der Waals surface area contributed by atoms with Crippen LogP contribution in [0.2, 0.25) is 0 Å². The van der Waals surface area contributed by atoms with Crippen LogP contribution in [0.15, 0.2) is 12.1 Å². The van der Waals surface area contributed by atoms with E-state index in [1.807, 2.05) is 27.7 Å². The Labute approximate surface area is 103 Å². The van der Waals surface area contributed by atoms with E-state index in [2.05, 4.69) is 31.0 Å². The Morgan fingerprint density at radius 3 is 2.00 bits per heavy atom. The Kier molecular flexibility index (Phi) is 8.51. The Morgan fingerprint density at radius 1 is 1.00 bits per heavy atom. The molecule has 2 heteroatoms. The maximum absolute atomic E-state index is 3.37. The number of hydrogen-bond acceptors (Lipinski definition) is 1. The molecule has 0 aliphatic carbocycles. The van der Waals surface area contributed by atoms with Gasteiger partial charge in [0.1, 0.15) is 0 Å². The summed E-state index contributed by atoms with van der Waals surface area (Å²) >= 11 is 0. The van der Waals surface area contributed by atoms with Crippen LogP contribution < -0.4 is 10.6 Å². The van der Waals surface area contributed by atoms with Crippen LogP contribution in [-0.4, -0.2) is 6.66 Å². The zero-order valence-corrected chi connectivity index (χ0v) is 12.6. The summed E-state index contributed by atoms with van der Waals surface area (Å²) in [6.07, 6.45) is 0. The summed E-state index contributed by atoms with van der Waals surface area (Å²) < 4.78 is 0. The van der Waals surface area contributed by atoms with Gasteiger partial charge in [0.15, 0.2) is 0 Å². The van der Waals surface area contributed by atoms with Gasteiger partial charge < -0.3 is 5.32 Å². The van der Waals surface area contributed by atoms with E-state index in [0.717, 1.165) is 21.7 Å². The molecule has 1 unspecified atom stereocenters. The molecule has 92 valence electrons. The third-order valence-corrected chi connectivity index (χ3v) is 3.52. The lowest BCUT2D eigenvalue weighted by molar-refractivity contribution is 0.765. The van der Waals surface area contributed by atoms with E-state index in [1.165, 1.54) is 22.0 Å². The minimum Gasteiger partial charge on any atom is -0.309 e. The number of aryl methyl sites for hydroxylation is 1. The van der Waals surface area contributed by atoms with Gasteiger partial charge in [0.2, 0.25) is 0 Å². The number of benzene rings is 1. The minimum atomic E-state index is 0.925. The third kappa shape index (κ3) is 3.88. The summed E-state index contributed by atoms with van der Waals surface area (Å²) in [6.45, 7) is 14.6. The highest BCUT2D eigenvalue weighted by Gasteiger charge is 2.11. The van der Waals surface area contributed by atoms with Gasteiger partial charge in [-0.25, -0.2) is 0 Å². The summed E-state index contributed by atoms with van der Waals surface area (Å²) in [6, 6.07) is 4.70. The summed E-state index contributed by atoms with van der Waals surface area (Å²) in [5.41, 5.74) is 4.46. The van der Waals surface area contributed by atoms with Crippen LogP contribution in [0.25, 0.3) is 0 Å². The Hall–Kier alpha value is -0.390. The molecule has 1 aliphatic heterocycles. The van der Waals surface area contributed by atoms with E-state index >= 15 is 0 Å². The number of fused-ring (bicyclic) bond motifs is 1. The van der Waals surface area contributed by atoms with Crippen molar-refractivity contribution in [3.63, 3.8) is 0 Å². The average molecular weight is 239 g/mol. The van der Waals surface area contributed by atoms with Crippen LogP contribution in [0.1, 0.15) is 44.4 Å². The average Bonchev–Trinajstić information content (AvgIpc) is 2.80. The van der Waals surface area contributed by atoms with Crippen molar-refractivity contribution in [2.75, 3.05) is 6.66 Å². The Balaban J connectivity index is 0.000000509. The molecule has 1 aromatic rings. The van der Waals surface area contributed by atoms with Crippen LogP contribution in [0.3, 0.4) is 0 Å². The fraction of sp³-hybridized carbons (Fsp3) is 0.571. The molecule has 0 bridgehead atoms. The van der Waals surface area contributed by atoms with Crippen molar-refractivity contribution in [3.8, 4) is 0 Å². The first-order valence-corrected chi connectivity index (χ1v) is 7.82. The highest BCUT2D eigenvalue weighted by Crippen LogP contribution is 2.19. The molecule has 0 saturated heterocycles. The lowest BCUT2D eigenvalue weighted by atomic mass is 10.1. The van der Waals surface area contributed by atoms with Crippen LogP contribution in [-0.2, 0) is 13.1 Å². The summed E-state index contributed by atoms with van der Waals surface area (Å²) in [4.78, 5) is 0. The second-order valence-electron chi connectivity index (χ2n) is 3.29. The maximum Gasteiger partial charge on any atom is 0.0212 e. The predicted octanol–water partition coefficient (Wildman–Crippen LogP) is 3.58. The minimum absolute atomic E-state index is 0.925. The van der Waals surface area contributed by atoms with Gasteiger partial charge in [-0.05, 0) is 41.6 Å². The van der Waals surface area contributed by atoms with Crippen molar-refractivity contribution in [3.05, 3.63) is 28.8 Å². The van der Waals surface area contributed by atoms with E-state index in [0.29, 0.717) is 0 Å². The molecule has 0 fully saturated rings. The van der Waals surface area contributed by atoms with E-state index in [1.54, 1.807) is 0 Å². The first-order valence-electron chi connectivity index (χ1n) is 6.32. The molecule has 1 atom stereocenters. The van der Waals surface area contributed by atoms with Gasteiger partial charge in [0, 0.05) is 13.1 Å². The van der Waals surface area contributed by atoms with Crippen molar-refractivity contribution in [2.24, 2.45) is 0 Å². The largest absolute Gasteiger partial charge is 0.309 e. The first-order chi connectivity index (χ1) is 7.81. The second-order valence-corrected chi connectivity index (χ2v) is 4.33. The molecule has 0 saturated carbocycles. The van der Waals surface area contributed by atoms with E-state index < -0.39 is 0 Å². The smallest absolute Gasteiger partial charge is 0.0212 e.